The van der Waals surface area contributed by atoms with E-state index in [4.69, 9.17) is 0 Å². The van der Waals surface area contributed by atoms with Crippen molar-refractivity contribution in [3.8, 4) is 0 Å². The lowest BCUT2D eigenvalue weighted by Gasteiger charge is -2.26. The molecule has 2 fully saturated rings. The maximum Gasteiger partial charge on any atom is 0.237 e. The van der Waals surface area contributed by atoms with Crippen LogP contribution in [0, 0.1) is 5.92 Å². The highest BCUT2D eigenvalue weighted by atomic mass is 16.2. The molecule has 1 unspecified atom stereocenters. The maximum absolute atomic E-state index is 12.0. The van der Waals surface area contributed by atoms with Crippen LogP contribution in [0.5, 0.6) is 0 Å². The molecule has 16 heavy (non-hydrogen) atoms. The van der Waals surface area contributed by atoms with Gasteiger partial charge < -0.3 is 10.6 Å². The minimum atomic E-state index is 0.0672. The fourth-order valence-corrected chi connectivity index (χ4v) is 2.98. The van der Waals surface area contributed by atoms with Gasteiger partial charge in [0.1, 0.15) is 0 Å². The van der Waals surface area contributed by atoms with Gasteiger partial charge in [-0.3, -0.25) is 4.79 Å². The molecule has 0 aromatic rings. The van der Waals surface area contributed by atoms with E-state index in [1.165, 1.54) is 38.5 Å². The zero-order valence-electron chi connectivity index (χ0n) is 10.3. The first-order chi connectivity index (χ1) is 7.77. The first-order valence-electron chi connectivity index (χ1n) is 6.81. The Balaban J connectivity index is 1.76. The monoisotopic (exact) mass is 224 g/mol. The van der Waals surface area contributed by atoms with Crippen molar-refractivity contribution in [3.63, 3.8) is 0 Å². The average Bonchev–Trinajstić information content (AvgIpc) is 2.83. The van der Waals surface area contributed by atoms with Gasteiger partial charge in [0, 0.05) is 6.04 Å². The third kappa shape index (κ3) is 2.97. The van der Waals surface area contributed by atoms with Crippen LogP contribution in [0.3, 0.4) is 0 Å². The van der Waals surface area contributed by atoms with Gasteiger partial charge in [-0.15, -0.1) is 0 Å². The van der Waals surface area contributed by atoms with Gasteiger partial charge in [0.25, 0.3) is 0 Å². The number of nitrogens with one attached hydrogen (secondary N) is 2. The molecule has 0 aromatic heterocycles. The molecule has 2 atom stereocenters. The summed E-state index contributed by atoms with van der Waals surface area (Å²) in [7, 11) is 0. The van der Waals surface area contributed by atoms with Gasteiger partial charge in [0.05, 0.1) is 6.04 Å². The fraction of sp³-hybridized carbons (Fsp3) is 0.923. The number of piperidine rings is 1. The van der Waals surface area contributed by atoms with Gasteiger partial charge in [0.15, 0.2) is 0 Å². The van der Waals surface area contributed by atoms with Crippen LogP contribution in [-0.2, 0) is 4.79 Å². The molecule has 1 heterocycles. The van der Waals surface area contributed by atoms with Crippen molar-refractivity contribution in [1.82, 2.24) is 10.6 Å². The fourth-order valence-electron chi connectivity index (χ4n) is 2.98. The van der Waals surface area contributed by atoms with Crippen molar-refractivity contribution in [2.45, 2.75) is 64.0 Å². The zero-order chi connectivity index (χ0) is 11.4. The van der Waals surface area contributed by atoms with Crippen molar-refractivity contribution in [2.24, 2.45) is 5.92 Å². The van der Waals surface area contributed by atoms with Gasteiger partial charge in [0.2, 0.25) is 5.91 Å². The van der Waals surface area contributed by atoms with Gasteiger partial charge in [-0.05, 0) is 45.1 Å². The van der Waals surface area contributed by atoms with E-state index in [9.17, 15) is 4.79 Å². The third-order valence-electron chi connectivity index (χ3n) is 4.10. The average molecular weight is 224 g/mol. The van der Waals surface area contributed by atoms with Crippen LogP contribution >= 0.6 is 0 Å². The lowest BCUT2D eigenvalue weighted by atomic mass is 9.98. The third-order valence-corrected chi connectivity index (χ3v) is 4.10. The predicted octanol–water partition coefficient (Wildman–Crippen LogP) is 1.82. The molecule has 3 nitrogen and oxygen atoms in total. The highest BCUT2D eigenvalue weighted by Crippen LogP contribution is 2.27. The van der Waals surface area contributed by atoms with Crippen molar-refractivity contribution in [2.75, 3.05) is 6.54 Å². The Morgan fingerprint density at radius 1 is 1.19 bits per heavy atom. The summed E-state index contributed by atoms with van der Waals surface area (Å²) in [6.07, 6.45) is 8.66. The Labute approximate surface area is 98.4 Å². The van der Waals surface area contributed by atoms with Gasteiger partial charge in [-0.1, -0.05) is 19.3 Å². The molecule has 2 N–H and O–H groups in total. The summed E-state index contributed by atoms with van der Waals surface area (Å²) < 4.78 is 0. The molecule has 1 saturated heterocycles. The highest BCUT2D eigenvalue weighted by molar-refractivity contribution is 5.82. The topological polar surface area (TPSA) is 41.1 Å². The van der Waals surface area contributed by atoms with E-state index in [1.807, 2.05) is 0 Å². The largest absolute Gasteiger partial charge is 0.352 e. The van der Waals surface area contributed by atoms with E-state index >= 15 is 0 Å². The van der Waals surface area contributed by atoms with E-state index in [0.717, 1.165) is 13.0 Å². The van der Waals surface area contributed by atoms with Crippen LogP contribution in [0.15, 0.2) is 0 Å². The summed E-state index contributed by atoms with van der Waals surface area (Å²) in [4.78, 5) is 12.0. The van der Waals surface area contributed by atoms with E-state index in [2.05, 4.69) is 17.6 Å². The van der Waals surface area contributed by atoms with Crippen molar-refractivity contribution < 1.29 is 4.79 Å². The summed E-state index contributed by atoms with van der Waals surface area (Å²) >= 11 is 0. The van der Waals surface area contributed by atoms with E-state index in [-0.39, 0.29) is 11.9 Å². The van der Waals surface area contributed by atoms with Gasteiger partial charge in [-0.25, -0.2) is 0 Å². The van der Waals surface area contributed by atoms with Crippen LogP contribution < -0.4 is 10.6 Å². The second-order valence-electron chi connectivity index (χ2n) is 5.34. The lowest BCUT2D eigenvalue weighted by molar-refractivity contribution is -0.124. The molecular weight excluding hydrogens is 200 g/mol. The standard InChI is InChI=1S/C13H24N2O/c1-10(11-6-2-3-7-11)15-13(16)12-8-4-5-9-14-12/h10-12,14H,2-9H2,1H3,(H,15,16)/t10-,12?/m1/s1. The van der Waals surface area contributed by atoms with Crippen LogP contribution in [0.4, 0.5) is 0 Å². The van der Waals surface area contributed by atoms with Crippen LogP contribution in [-0.4, -0.2) is 24.5 Å². The molecule has 0 aromatic carbocycles. The molecule has 92 valence electrons. The van der Waals surface area contributed by atoms with E-state index < -0.39 is 0 Å². The van der Waals surface area contributed by atoms with Crippen LogP contribution in [0.2, 0.25) is 0 Å². The van der Waals surface area contributed by atoms with E-state index in [0.29, 0.717) is 12.0 Å². The SMILES string of the molecule is C[C@@H](NC(=O)C1CCCCN1)C1CCCC1. The summed E-state index contributed by atoms with van der Waals surface area (Å²) in [5.41, 5.74) is 0. The second-order valence-corrected chi connectivity index (χ2v) is 5.34. The molecule has 2 rings (SSSR count). The first kappa shape index (κ1) is 11.9. The summed E-state index contributed by atoms with van der Waals surface area (Å²) in [6, 6.07) is 0.427. The number of rotatable bonds is 3. The Bertz CT molecular complexity index is 230. The molecule has 0 radical (unpaired) electrons. The summed E-state index contributed by atoms with van der Waals surface area (Å²) in [5, 5.41) is 6.49. The zero-order valence-corrected chi connectivity index (χ0v) is 10.3. The normalized spacial score (nSPS) is 28.9. The number of amides is 1. The smallest absolute Gasteiger partial charge is 0.237 e. The summed E-state index contributed by atoms with van der Waals surface area (Å²) in [6.45, 7) is 3.16. The quantitative estimate of drug-likeness (QED) is 0.768. The molecule has 2 aliphatic rings. The minimum Gasteiger partial charge on any atom is -0.352 e. The number of carbonyl (C=O) groups is 1. The molecule has 1 saturated carbocycles. The van der Waals surface area contributed by atoms with Crippen molar-refractivity contribution >= 4 is 5.91 Å². The lowest BCUT2D eigenvalue weighted by Crippen LogP contribution is -2.50. The molecule has 3 heteroatoms. The predicted molar refractivity (Wildman–Crippen MR) is 65.2 cm³/mol. The van der Waals surface area contributed by atoms with Gasteiger partial charge >= 0.3 is 0 Å². The first-order valence-corrected chi connectivity index (χ1v) is 6.81. The Hall–Kier alpha value is -0.570. The van der Waals surface area contributed by atoms with Crippen molar-refractivity contribution in [3.05, 3.63) is 0 Å². The second kappa shape index (κ2) is 5.67. The van der Waals surface area contributed by atoms with Crippen LogP contribution in [0.1, 0.15) is 51.9 Å². The van der Waals surface area contributed by atoms with Gasteiger partial charge in [-0.2, -0.15) is 0 Å². The molecule has 0 spiro atoms. The maximum atomic E-state index is 12.0. The van der Waals surface area contributed by atoms with E-state index in [1.54, 1.807) is 0 Å². The molecule has 0 bridgehead atoms. The molecular formula is C13H24N2O. The number of hydrogen-bond donors (Lipinski definition) is 2. The molecule has 1 amide bonds. The molecule has 1 aliphatic carbocycles. The summed E-state index contributed by atoms with van der Waals surface area (Å²) in [5.74, 6) is 0.937. The Morgan fingerprint density at radius 3 is 2.50 bits per heavy atom. The number of carbonyl (C=O) groups excluding carboxylic acids is 1. The van der Waals surface area contributed by atoms with Crippen molar-refractivity contribution in [1.29, 1.82) is 0 Å². The van der Waals surface area contributed by atoms with Crippen LogP contribution in [0.25, 0.3) is 0 Å². The Morgan fingerprint density at radius 2 is 1.88 bits per heavy atom. The molecule has 1 aliphatic heterocycles. The highest BCUT2D eigenvalue weighted by Gasteiger charge is 2.26. The minimum absolute atomic E-state index is 0.0672. The number of hydrogen-bond acceptors (Lipinski definition) is 2. The Kier molecular flexibility index (Phi) is 4.22.